The third kappa shape index (κ3) is 5.80. The largest absolute Gasteiger partial charge is 0.355 e. The summed E-state index contributed by atoms with van der Waals surface area (Å²) in [6.07, 6.45) is 7.50. The Morgan fingerprint density at radius 2 is 0.824 bits per heavy atom. The van der Waals surface area contributed by atoms with Gasteiger partial charge in [-0.05, 0) is 108 Å². The van der Waals surface area contributed by atoms with E-state index in [0.29, 0.717) is 61.8 Å². The van der Waals surface area contributed by atoms with Crippen molar-refractivity contribution in [2.24, 2.45) is 0 Å². The van der Waals surface area contributed by atoms with Gasteiger partial charge in [0.05, 0.1) is 48.6 Å². The maximum absolute atomic E-state index is 11.6. The predicted octanol–water partition coefficient (Wildman–Crippen LogP) is 9.18. The summed E-state index contributed by atoms with van der Waals surface area (Å²) in [6.45, 7) is 0. The van der Waals surface area contributed by atoms with Crippen molar-refractivity contribution in [3.8, 4) is 27.9 Å². The Balaban J connectivity index is 1.58. The highest BCUT2D eigenvalue weighted by atomic mass is 16.6. The number of aromatic amines is 1. The zero-order chi connectivity index (χ0) is 35.2. The van der Waals surface area contributed by atoms with Crippen molar-refractivity contribution in [3.63, 3.8) is 0 Å². The van der Waals surface area contributed by atoms with Gasteiger partial charge in [0.1, 0.15) is 0 Å². The maximum Gasteiger partial charge on any atom is 0.269 e. The monoisotopic (exact) mass is 673 g/mol. The van der Waals surface area contributed by atoms with Gasteiger partial charge in [0.25, 0.3) is 17.1 Å². The van der Waals surface area contributed by atoms with Crippen LogP contribution in [0, 0.1) is 30.3 Å². The fourth-order valence-corrected chi connectivity index (χ4v) is 6.28. The molecule has 13 nitrogen and oxygen atoms in total. The van der Waals surface area contributed by atoms with Crippen molar-refractivity contribution in [3.05, 3.63) is 162 Å². The van der Waals surface area contributed by atoms with Gasteiger partial charge in [-0.25, -0.2) is 9.97 Å². The summed E-state index contributed by atoms with van der Waals surface area (Å²) in [6, 6.07) is 29.9. The van der Waals surface area contributed by atoms with Gasteiger partial charge in [0.15, 0.2) is 0 Å². The lowest BCUT2D eigenvalue weighted by Gasteiger charge is -2.08. The lowest BCUT2D eigenvalue weighted by atomic mass is 9.95. The third-order valence-electron chi connectivity index (χ3n) is 8.57. The van der Waals surface area contributed by atoms with Gasteiger partial charge in [0, 0.05) is 64.2 Å². The smallest absolute Gasteiger partial charge is 0.269 e. The molecule has 8 rings (SSSR count). The maximum atomic E-state index is 11.6. The van der Waals surface area contributed by atoms with Crippen molar-refractivity contribution in [1.82, 2.24) is 19.5 Å². The van der Waals surface area contributed by atoms with E-state index in [1.54, 1.807) is 36.4 Å². The van der Waals surface area contributed by atoms with Crippen molar-refractivity contribution in [2.45, 2.75) is 0 Å². The Kier molecular flexibility index (Phi) is 7.34. The van der Waals surface area contributed by atoms with Crippen LogP contribution in [0.4, 0.5) is 17.1 Å². The molecule has 3 aromatic heterocycles. The normalized spacial score (nSPS) is 11.8. The second kappa shape index (κ2) is 12.2. The first-order valence-corrected chi connectivity index (χ1v) is 15.6. The van der Waals surface area contributed by atoms with Crippen molar-refractivity contribution in [1.29, 1.82) is 0 Å². The Morgan fingerprint density at radius 3 is 1.20 bits per heavy atom. The molecule has 0 saturated heterocycles. The molecule has 5 heterocycles. The van der Waals surface area contributed by atoms with E-state index < -0.39 is 14.8 Å². The molecule has 1 N–H and O–H groups in total. The van der Waals surface area contributed by atoms with Crippen molar-refractivity contribution < 1.29 is 14.8 Å². The summed E-state index contributed by atoms with van der Waals surface area (Å²) in [5, 5.41) is 34.9. The first-order chi connectivity index (χ1) is 24.7. The molecule has 0 spiro atoms. The van der Waals surface area contributed by atoms with Crippen LogP contribution in [0.15, 0.2) is 109 Å². The van der Waals surface area contributed by atoms with E-state index in [1.165, 1.54) is 36.4 Å². The highest BCUT2D eigenvalue weighted by molar-refractivity contribution is 6.05. The fourth-order valence-electron chi connectivity index (χ4n) is 6.28. The Morgan fingerprint density at radius 1 is 0.471 bits per heavy atom. The minimum Gasteiger partial charge on any atom is -0.355 e. The van der Waals surface area contributed by atoms with Crippen LogP contribution in [0.2, 0.25) is 0 Å². The quantitative estimate of drug-likeness (QED) is 0.134. The molecule has 0 fully saturated rings. The van der Waals surface area contributed by atoms with Crippen LogP contribution in [0.5, 0.6) is 0 Å². The van der Waals surface area contributed by atoms with E-state index in [1.807, 2.05) is 65.3 Å². The number of non-ortho nitro benzene ring substituents is 3. The number of H-pyrrole nitrogens is 1. The van der Waals surface area contributed by atoms with Crippen molar-refractivity contribution in [2.75, 3.05) is 0 Å². The van der Waals surface area contributed by atoms with Crippen LogP contribution in [-0.4, -0.2) is 34.3 Å². The Hall–Kier alpha value is -7.54. The van der Waals surface area contributed by atoms with Gasteiger partial charge in [-0.3, -0.25) is 30.3 Å². The summed E-state index contributed by atoms with van der Waals surface area (Å²) in [7, 11) is 0. The average Bonchev–Trinajstić information content (AvgIpc) is 3.93. The van der Waals surface area contributed by atoms with E-state index in [2.05, 4.69) is 4.98 Å². The molecule has 0 radical (unpaired) electrons. The topological polar surface area (TPSA) is 176 Å². The lowest BCUT2D eigenvalue weighted by molar-refractivity contribution is -0.385. The molecular formula is C38H23N7O6. The molecule has 6 aromatic rings. The lowest BCUT2D eigenvalue weighted by Crippen LogP contribution is -1.95. The summed E-state index contributed by atoms with van der Waals surface area (Å²) in [4.78, 5) is 46.6. The number of nitrogens with zero attached hydrogens (tertiary/aromatic N) is 6. The SMILES string of the molecule is O=[N+]([O-])c1ccc(-c2c(-c3ccc([N+](=O)[O-])cc3)c3cc4nc(cc5ccc(cc6nc(cc2n3-c2ccc([N+](=O)[O-])cc2)C=C6)[nH]5)C=C4)cc1. The van der Waals surface area contributed by atoms with Crippen LogP contribution < -0.4 is 0 Å². The summed E-state index contributed by atoms with van der Waals surface area (Å²) in [5.41, 5.74) is 8.33. The number of benzene rings is 3. The molecule has 8 bridgehead atoms. The van der Waals surface area contributed by atoms with Gasteiger partial charge < -0.3 is 9.55 Å². The molecule has 0 aliphatic carbocycles. The Bertz CT molecular complexity index is 2500. The predicted molar refractivity (Wildman–Crippen MR) is 195 cm³/mol. The van der Waals surface area contributed by atoms with Crippen LogP contribution in [0.3, 0.4) is 0 Å². The van der Waals surface area contributed by atoms with Crippen LogP contribution in [0.1, 0.15) is 22.8 Å². The molecule has 2 aliphatic rings. The first-order valence-electron chi connectivity index (χ1n) is 15.6. The second-order valence-corrected chi connectivity index (χ2v) is 11.8. The minimum absolute atomic E-state index is 0.0924. The van der Waals surface area contributed by atoms with Crippen molar-refractivity contribution >= 4 is 63.4 Å². The summed E-state index contributed by atoms with van der Waals surface area (Å²) >= 11 is 0. The summed E-state index contributed by atoms with van der Waals surface area (Å²) in [5.74, 6) is 0. The molecular weight excluding hydrogens is 650 g/mol. The second-order valence-electron chi connectivity index (χ2n) is 11.8. The van der Waals surface area contributed by atoms with Crippen LogP contribution >= 0.6 is 0 Å². The number of hydrogen-bond acceptors (Lipinski definition) is 8. The van der Waals surface area contributed by atoms with Gasteiger partial charge in [-0.15, -0.1) is 0 Å². The number of nitro benzene ring substituents is 3. The molecule has 51 heavy (non-hydrogen) atoms. The van der Waals surface area contributed by atoms with Gasteiger partial charge in [-0.1, -0.05) is 0 Å². The fraction of sp³-hybridized carbons (Fsp3) is 0. The van der Waals surface area contributed by atoms with Crippen LogP contribution in [-0.2, 0) is 0 Å². The highest BCUT2D eigenvalue weighted by Crippen LogP contribution is 2.44. The first kappa shape index (κ1) is 30.8. The number of nitro groups is 3. The molecule has 0 atom stereocenters. The summed E-state index contributed by atoms with van der Waals surface area (Å²) < 4.78 is 1.93. The van der Waals surface area contributed by atoms with E-state index in [9.17, 15) is 30.3 Å². The number of nitrogens with one attached hydrogen (secondary N) is 1. The minimum atomic E-state index is -0.476. The number of hydrogen-bond donors (Lipinski definition) is 1. The highest BCUT2D eigenvalue weighted by Gasteiger charge is 2.23. The van der Waals surface area contributed by atoms with Gasteiger partial charge in [0.2, 0.25) is 0 Å². The third-order valence-corrected chi connectivity index (χ3v) is 8.57. The average molecular weight is 674 g/mol. The van der Waals surface area contributed by atoms with E-state index in [-0.39, 0.29) is 17.1 Å². The number of rotatable bonds is 6. The Labute approximate surface area is 287 Å². The van der Waals surface area contributed by atoms with E-state index >= 15 is 0 Å². The zero-order valence-corrected chi connectivity index (χ0v) is 26.3. The van der Waals surface area contributed by atoms with E-state index in [4.69, 9.17) is 9.97 Å². The molecule has 0 saturated carbocycles. The molecule has 0 unspecified atom stereocenters. The van der Waals surface area contributed by atoms with Gasteiger partial charge in [-0.2, -0.15) is 0 Å². The van der Waals surface area contributed by atoms with E-state index in [0.717, 1.165) is 11.0 Å². The van der Waals surface area contributed by atoms with Crippen LogP contribution in [0.25, 0.3) is 74.3 Å². The molecule has 0 amide bonds. The molecule has 13 heteroatoms. The molecule has 2 aliphatic heterocycles. The number of fused-ring (bicyclic) bond motifs is 8. The zero-order valence-electron chi connectivity index (χ0n) is 26.3. The van der Waals surface area contributed by atoms with Gasteiger partial charge >= 0.3 is 0 Å². The molecule has 3 aromatic carbocycles. The number of aromatic nitrogens is 4. The molecule has 246 valence electrons. The standard InChI is InChI=1S/C38H23N7O6/c46-43(47)32-11-1-23(2-12-32)37-35-21-29-9-7-27(40-29)19-25-5-6-26(39-25)20-28-8-10-30(41-28)22-36(38(37)24-3-13-33(14-4-24)44(48)49)42(35)31-15-17-34(18-16-31)45(50)51/h1-22,39H.